The van der Waals surface area contributed by atoms with E-state index in [4.69, 9.17) is 4.74 Å². The number of ether oxygens (including phenoxy) is 1. The molecule has 0 aliphatic rings. The van der Waals surface area contributed by atoms with E-state index < -0.39 is 12.1 Å². The molecule has 1 amide bonds. The molecule has 0 aromatic heterocycles. The Kier molecular flexibility index (Phi) is 63.9. The first-order valence-corrected chi connectivity index (χ1v) is 34.3. The summed E-state index contributed by atoms with van der Waals surface area (Å²) in [5.74, 6) is -0.0578. The molecule has 6 nitrogen and oxygen atoms in total. The first-order valence-electron chi connectivity index (χ1n) is 34.3. The largest absolute Gasteiger partial charge is 0.466 e. The summed E-state index contributed by atoms with van der Waals surface area (Å²) in [6.07, 6.45) is 83.5. The lowest BCUT2D eigenvalue weighted by Gasteiger charge is -2.20. The number of esters is 1. The lowest BCUT2D eigenvalue weighted by molar-refractivity contribution is -0.143. The Morgan fingerprint density at radius 1 is 0.368 bits per heavy atom. The van der Waals surface area contributed by atoms with E-state index in [1.165, 1.54) is 295 Å². The minimum absolute atomic E-state index is 0.00700. The Hall–Kier alpha value is -1.92. The van der Waals surface area contributed by atoms with Gasteiger partial charge >= 0.3 is 5.97 Å². The molecule has 448 valence electrons. The summed E-state index contributed by atoms with van der Waals surface area (Å²) in [4.78, 5) is 24.6. The SMILES string of the molecule is CCCCCC/C=C\C/C=C\CCCCCCCCCC(=O)OCCCCCCCCCCCCCCCCCCCCCCCCCC(=O)NC(CO)C(O)/C=C/CCCCCCCCCCCCCCCCCC. The van der Waals surface area contributed by atoms with Crippen molar-refractivity contribution < 1.29 is 24.5 Å². The van der Waals surface area contributed by atoms with Crippen molar-refractivity contribution in [3.8, 4) is 0 Å². The van der Waals surface area contributed by atoms with Crippen molar-refractivity contribution in [2.75, 3.05) is 13.2 Å². The van der Waals surface area contributed by atoms with Crippen molar-refractivity contribution in [3.05, 3.63) is 36.5 Å². The molecule has 3 N–H and O–H groups in total. The minimum atomic E-state index is -0.845. The van der Waals surface area contributed by atoms with Gasteiger partial charge in [-0.3, -0.25) is 9.59 Å². The molecule has 2 atom stereocenters. The van der Waals surface area contributed by atoms with Crippen LogP contribution in [0.25, 0.3) is 0 Å². The zero-order valence-electron chi connectivity index (χ0n) is 51.3. The zero-order valence-corrected chi connectivity index (χ0v) is 51.3. The maximum Gasteiger partial charge on any atom is 0.305 e. The highest BCUT2D eigenvalue weighted by Crippen LogP contribution is 2.18. The Morgan fingerprint density at radius 3 is 1.01 bits per heavy atom. The fraction of sp³-hybridized carbons (Fsp3) is 0.886. The van der Waals surface area contributed by atoms with Crippen LogP contribution in [0, 0.1) is 0 Å². The van der Waals surface area contributed by atoms with Crippen LogP contribution in [0.1, 0.15) is 373 Å². The second-order valence-electron chi connectivity index (χ2n) is 23.5. The highest BCUT2D eigenvalue weighted by Gasteiger charge is 2.18. The van der Waals surface area contributed by atoms with Crippen LogP contribution >= 0.6 is 0 Å². The molecular formula is C70H133NO5. The van der Waals surface area contributed by atoms with E-state index in [1.54, 1.807) is 6.08 Å². The van der Waals surface area contributed by atoms with Crippen LogP contribution in [0.2, 0.25) is 0 Å². The molecule has 0 aromatic rings. The van der Waals surface area contributed by atoms with Crippen LogP contribution in [0.4, 0.5) is 0 Å². The Labute approximate surface area is 474 Å². The van der Waals surface area contributed by atoms with E-state index in [0.29, 0.717) is 19.4 Å². The highest BCUT2D eigenvalue weighted by atomic mass is 16.5. The second-order valence-corrected chi connectivity index (χ2v) is 23.5. The van der Waals surface area contributed by atoms with Crippen LogP contribution in [0.3, 0.4) is 0 Å². The zero-order chi connectivity index (χ0) is 55.0. The predicted molar refractivity (Wildman–Crippen MR) is 333 cm³/mol. The lowest BCUT2D eigenvalue weighted by atomic mass is 10.0. The fourth-order valence-electron chi connectivity index (χ4n) is 10.7. The highest BCUT2D eigenvalue weighted by molar-refractivity contribution is 5.76. The Balaban J connectivity index is 3.39. The van der Waals surface area contributed by atoms with Crippen LogP contribution < -0.4 is 5.32 Å². The van der Waals surface area contributed by atoms with Crippen molar-refractivity contribution in [2.45, 2.75) is 386 Å². The van der Waals surface area contributed by atoms with Crippen LogP contribution in [-0.2, 0) is 14.3 Å². The van der Waals surface area contributed by atoms with Crippen molar-refractivity contribution >= 4 is 11.9 Å². The van der Waals surface area contributed by atoms with Crippen LogP contribution in [0.5, 0.6) is 0 Å². The monoisotopic (exact) mass is 1070 g/mol. The van der Waals surface area contributed by atoms with Gasteiger partial charge in [0.05, 0.1) is 25.4 Å². The van der Waals surface area contributed by atoms with Gasteiger partial charge < -0.3 is 20.3 Å². The summed E-state index contributed by atoms with van der Waals surface area (Å²) < 4.78 is 5.50. The average Bonchev–Trinajstić information content (AvgIpc) is 3.42. The molecule has 0 spiro atoms. The standard InChI is InChI=1S/C70H133NO5/c1-3-5-7-9-11-13-15-17-19-21-30-34-38-42-46-50-54-58-62-68(73)67(66-72)71-69(74)63-59-55-51-47-43-39-35-31-28-26-24-23-25-27-29-33-37-41-45-49-53-57-61-65-76-70(75)64-60-56-52-48-44-40-36-32-22-20-18-16-14-12-10-8-6-4-2/h14,16,20,22,58,62,67-68,72-73H,3-13,15,17-19,21,23-57,59-61,63-66H2,1-2H3,(H,71,74)/b16-14-,22-20-,62-58+. The van der Waals surface area contributed by atoms with Gasteiger partial charge in [-0.05, 0) is 64.2 Å². The van der Waals surface area contributed by atoms with Crippen LogP contribution in [-0.4, -0.2) is 47.4 Å². The number of allylic oxidation sites excluding steroid dienone is 5. The third kappa shape index (κ3) is 61.3. The van der Waals surface area contributed by atoms with E-state index in [0.717, 1.165) is 51.4 Å². The fourth-order valence-corrected chi connectivity index (χ4v) is 10.7. The second kappa shape index (κ2) is 65.6. The molecule has 76 heavy (non-hydrogen) atoms. The van der Waals surface area contributed by atoms with E-state index in [-0.39, 0.29) is 18.5 Å². The molecule has 0 aromatic carbocycles. The smallest absolute Gasteiger partial charge is 0.305 e. The van der Waals surface area contributed by atoms with Gasteiger partial charge in [0.25, 0.3) is 0 Å². The van der Waals surface area contributed by atoms with Crippen molar-refractivity contribution in [1.82, 2.24) is 5.32 Å². The van der Waals surface area contributed by atoms with Crippen molar-refractivity contribution in [1.29, 1.82) is 0 Å². The number of nitrogens with one attached hydrogen (secondary N) is 1. The Bertz CT molecular complexity index is 1230. The van der Waals surface area contributed by atoms with Gasteiger partial charge in [-0.25, -0.2) is 0 Å². The molecule has 0 saturated carbocycles. The molecule has 0 bridgehead atoms. The number of unbranched alkanes of at least 4 members (excludes halogenated alkanes) is 49. The van der Waals surface area contributed by atoms with Gasteiger partial charge in [0.1, 0.15) is 0 Å². The van der Waals surface area contributed by atoms with Gasteiger partial charge in [-0.1, -0.05) is 333 Å². The predicted octanol–water partition coefficient (Wildman–Crippen LogP) is 21.9. The van der Waals surface area contributed by atoms with Crippen LogP contribution in [0.15, 0.2) is 36.5 Å². The van der Waals surface area contributed by atoms with Gasteiger partial charge in [-0.15, -0.1) is 0 Å². The van der Waals surface area contributed by atoms with Gasteiger partial charge in [0.2, 0.25) is 5.91 Å². The number of hydrogen-bond acceptors (Lipinski definition) is 5. The van der Waals surface area contributed by atoms with Crippen molar-refractivity contribution in [3.63, 3.8) is 0 Å². The van der Waals surface area contributed by atoms with E-state index in [9.17, 15) is 19.8 Å². The number of rotatable bonds is 64. The first-order chi connectivity index (χ1) is 37.5. The number of hydrogen-bond donors (Lipinski definition) is 3. The van der Waals surface area contributed by atoms with E-state index >= 15 is 0 Å². The van der Waals surface area contributed by atoms with Crippen molar-refractivity contribution in [2.24, 2.45) is 0 Å². The number of amides is 1. The number of carbonyl (C=O) groups is 2. The summed E-state index contributed by atoms with van der Waals surface area (Å²) in [6, 6.07) is -0.628. The quantitative estimate of drug-likeness (QED) is 0.0320. The Morgan fingerprint density at radius 2 is 0.658 bits per heavy atom. The molecule has 0 heterocycles. The normalized spacial score (nSPS) is 12.7. The summed E-state index contributed by atoms with van der Waals surface area (Å²) in [5.41, 5.74) is 0. The van der Waals surface area contributed by atoms with Gasteiger partial charge in [0, 0.05) is 12.8 Å². The van der Waals surface area contributed by atoms with E-state index in [2.05, 4.69) is 43.5 Å². The lowest BCUT2D eigenvalue weighted by Crippen LogP contribution is -2.45. The summed E-state index contributed by atoms with van der Waals surface area (Å²) >= 11 is 0. The molecular weight excluding hydrogens is 935 g/mol. The third-order valence-electron chi connectivity index (χ3n) is 15.9. The summed E-state index contributed by atoms with van der Waals surface area (Å²) in [5, 5.41) is 23.2. The molecule has 6 heteroatoms. The first kappa shape index (κ1) is 74.1. The molecule has 0 aliphatic carbocycles. The molecule has 0 rings (SSSR count). The molecule has 2 unspecified atom stereocenters. The maximum absolute atomic E-state index is 12.5. The van der Waals surface area contributed by atoms with Gasteiger partial charge in [-0.2, -0.15) is 0 Å². The maximum atomic E-state index is 12.5. The number of aliphatic hydroxyl groups excluding tert-OH is 2. The molecule has 0 fully saturated rings. The summed E-state index contributed by atoms with van der Waals surface area (Å²) in [7, 11) is 0. The topological polar surface area (TPSA) is 95.9 Å². The third-order valence-corrected chi connectivity index (χ3v) is 15.9. The summed E-state index contributed by atoms with van der Waals surface area (Å²) in [6.45, 7) is 4.91. The molecule has 0 radical (unpaired) electrons. The van der Waals surface area contributed by atoms with E-state index in [1.807, 2.05) is 6.08 Å². The molecule has 0 aliphatic heterocycles. The average molecular weight is 1070 g/mol. The number of carbonyl (C=O) groups excluding carboxylic acids is 2. The number of aliphatic hydroxyl groups is 2. The minimum Gasteiger partial charge on any atom is -0.466 e. The van der Waals surface area contributed by atoms with Gasteiger partial charge in [0.15, 0.2) is 0 Å². The molecule has 0 saturated heterocycles.